The molecule has 0 bridgehead atoms. The van der Waals surface area contributed by atoms with Crippen LogP contribution < -0.4 is 15.5 Å². The van der Waals surface area contributed by atoms with E-state index in [1.807, 2.05) is 31.1 Å². The van der Waals surface area contributed by atoms with Crippen LogP contribution in [-0.4, -0.2) is 31.2 Å². The second-order valence-corrected chi connectivity index (χ2v) is 6.44. The first-order chi connectivity index (χ1) is 10.1. The summed E-state index contributed by atoms with van der Waals surface area (Å²) in [5, 5.41) is 6.14. The standard InChI is InChI=1S/C16H24N4O/c1-20(2)14-9-11(7-8-17-14)10-18-16(21)19-15(12-3-4-12)13-5-6-13/h7-9,12-13,15H,3-6,10H2,1-2H3,(H2,18,19,21). The number of nitrogens with zero attached hydrogens (tertiary/aromatic N) is 2. The maximum absolute atomic E-state index is 12.1. The van der Waals surface area contributed by atoms with Crippen molar-refractivity contribution in [3.05, 3.63) is 23.9 Å². The number of pyridine rings is 1. The summed E-state index contributed by atoms with van der Waals surface area (Å²) in [6.45, 7) is 0.539. The maximum atomic E-state index is 12.1. The molecular weight excluding hydrogens is 264 g/mol. The highest BCUT2D eigenvalue weighted by Crippen LogP contribution is 2.44. The van der Waals surface area contributed by atoms with Gasteiger partial charge in [-0.1, -0.05) is 0 Å². The van der Waals surface area contributed by atoms with Gasteiger partial charge in [-0.2, -0.15) is 0 Å². The van der Waals surface area contributed by atoms with Gasteiger partial charge in [-0.05, 0) is 55.2 Å². The number of carbonyl (C=O) groups excluding carboxylic acids is 1. The first-order valence-corrected chi connectivity index (χ1v) is 7.80. The van der Waals surface area contributed by atoms with Crippen molar-refractivity contribution in [2.24, 2.45) is 11.8 Å². The van der Waals surface area contributed by atoms with Gasteiger partial charge in [0.25, 0.3) is 0 Å². The zero-order valence-electron chi connectivity index (χ0n) is 12.8. The summed E-state index contributed by atoms with van der Waals surface area (Å²) >= 11 is 0. The van der Waals surface area contributed by atoms with Gasteiger partial charge in [-0.3, -0.25) is 0 Å². The quantitative estimate of drug-likeness (QED) is 0.843. The summed E-state index contributed by atoms with van der Waals surface area (Å²) in [6, 6.07) is 4.30. The Morgan fingerprint density at radius 3 is 2.57 bits per heavy atom. The number of hydrogen-bond donors (Lipinski definition) is 2. The van der Waals surface area contributed by atoms with Crippen LogP contribution in [0.2, 0.25) is 0 Å². The van der Waals surface area contributed by atoms with Crippen molar-refractivity contribution < 1.29 is 4.79 Å². The van der Waals surface area contributed by atoms with E-state index in [1.54, 1.807) is 6.20 Å². The van der Waals surface area contributed by atoms with E-state index in [4.69, 9.17) is 0 Å². The van der Waals surface area contributed by atoms with Gasteiger partial charge < -0.3 is 15.5 Å². The normalized spacial score (nSPS) is 17.7. The summed E-state index contributed by atoms with van der Waals surface area (Å²) in [7, 11) is 3.92. The Labute approximate surface area is 126 Å². The predicted octanol–water partition coefficient (Wildman–Crippen LogP) is 2.14. The maximum Gasteiger partial charge on any atom is 0.315 e. The third-order valence-corrected chi connectivity index (χ3v) is 4.28. The molecule has 0 unspecified atom stereocenters. The van der Waals surface area contributed by atoms with E-state index < -0.39 is 0 Å². The number of rotatable bonds is 6. The van der Waals surface area contributed by atoms with Crippen molar-refractivity contribution >= 4 is 11.8 Å². The molecule has 2 aliphatic rings. The summed E-state index contributed by atoms with van der Waals surface area (Å²) < 4.78 is 0. The summed E-state index contributed by atoms with van der Waals surface area (Å²) in [6.07, 6.45) is 6.88. The zero-order valence-corrected chi connectivity index (χ0v) is 12.8. The Kier molecular flexibility index (Phi) is 3.99. The second kappa shape index (κ2) is 5.92. The first kappa shape index (κ1) is 14.2. The van der Waals surface area contributed by atoms with Gasteiger partial charge >= 0.3 is 6.03 Å². The lowest BCUT2D eigenvalue weighted by molar-refractivity contribution is 0.233. The number of amides is 2. The van der Waals surface area contributed by atoms with Gasteiger partial charge in [-0.25, -0.2) is 9.78 Å². The van der Waals surface area contributed by atoms with Gasteiger partial charge in [0.2, 0.25) is 0 Å². The van der Waals surface area contributed by atoms with E-state index >= 15 is 0 Å². The van der Waals surface area contributed by atoms with Gasteiger partial charge in [0.15, 0.2) is 0 Å². The zero-order chi connectivity index (χ0) is 14.8. The highest BCUT2D eigenvalue weighted by Gasteiger charge is 2.42. The van der Waals surface area contributed by atoms with Crippen molar-refractivity contribution in [3.63, 3.8) is 0 Å². The Hall–Kier alpha value is -1.78. The SMILES string of the molecule is CN(C)c1cc(CNC(=O)NC(C2CC2)C2CC2)ccn1. The van der Waals surface area contributed by atoms with E-state index in [9.17, 15) is 4.79 Å². The summed E-state index contributed by atoms with van der Waals surface area (Å²) in [5.41, 5.74) is 1.07. The van der Waals surface area contributed by atoms with Crippen molar-refractivity contribution in [1.82, 2.24) is 15.6 Å². The molecule has 0 radical (unpaired) electrons. The third-order valence-electron chi connectivity index (χ3n) is 4.28. The number of urea groups is 1. The largest absolute Gasteiger partial charge is 0.363 e. The topological polar surface area (TPSA) is 57.3 Å². The lowest BCUT2D eigenvalue weighted by atomic mass is 10.1. The average Bonchev–Trinajstić information content (AvgIpc) is 3.36. The van der Waals surface area contributed by atoms with Crippen LogP contribution in [0.25, 0.3) is 0 Å². The average molecular weight is 288 g/mol. The Morgan fingerprint density at radius 2 is 2.00 bits per heavy atom. The molecule has 0 aliphatic heterocycles. The predicted molar refractivity (Wildman–Crippen MR) is 83.2 cm³/mol. The number of hydrogen-bond acceptors (Lipinski definition) is 3. The smallest absolute Gasteiger partial charge is 0.315 e. The third kappa shape index (κ3) is 3.86. The molecular formula is C16H24N4O. The fourth-order valence-electron chi connectivity index (χ4n) is 2.73. The van der Waals surface area contributed by atoms with Gasteiger partial charge in [0.05, 0.1) is 0 Å². The van der Waals surface area contributed by atoms with Gasteiger partial charge in [-0.15, -0.1) is 0 Å². The minimum absolute atomic E-state index is 0.0398. The fraction of sp³-hybridized carbons (Fsp3) is 0.625. The van der Waals surface area contributed by atoms with Crippen LogP contribution in [0, 0.1) is 11.8 Å². The monoisotopic (exact) mass is 288 g/mol. The lowest BCUT2D eigenvalue weighted by Crippen LogP contribution is -2.44. The lowest BCUT2D eigenvalue weighted by Gasteiger charge is -2.18. The number of carbonyl (C=O) groups is 1. The van der Waals surface area contributed by atoms with E-state index in [0.29, 0.717) is 12.6 Å². The molecule has 114 valence electrons. The van der Waals surface area contributed by atoms with Crippen LogP contribution in [0.5, 0.6) is 0 Å². The Bertz CT molecular complexity index is 497. The molecule has 2 N–H and O–H groups in total. The molecule has 21 heavy (non-hydrogen) atoms. The molecule has 1 heterocycles. The number of aromatic nitrogens is 1. The highest BCUT2D eigenvalue weighted by atomic mass is 16.2. The van der Waals surface area contributed by atoms with E-state index in [-0.39, 0.29) is 6.03 Å². The highest BCUT2D eigenvalue weighted by molar-refractivity contribution is 5.74. The van der Waals surface area contributed by atoms with Crippen LogP contribution >= 0.6 is 0 Å². The van der Waals surface area contributed by atoms with Crippen molar-refractivity contribution in [2.45, 2.75) is 38.3 Å². The van der Waals surface area contributed by atoms with Gasteiger partial charge in [0, 0.05) is 32.9 Å². The molecule has 0 atom stereocenters. The Balaban J connectivity index is 1.49. The van der Waals surface area contributed by atoms with Crippen LogP contribution in [0.15, 0.2) is 18.3 Å². The molecule has 2 aliphatic carbocycles. The molecule has 2 saturated carbocycles. The molecule has 3 rings (SSSR count). The summed E-state index contributed by atoms with van der Waals surface area (Å²) in [4.78, 5) is 18.3. The molecule has 0 saturated heterocycles. The molecule has 0 aromatic carbocycles. The van der Waals surface area contributed by atoms with Crippen molar-refractivity contribution in [3.8, 4) is 0 Å². The number of nitrogens with one attached hydrogen (secondary N) is 2. The molecule has 5 heteroatoms. The molecule has 5 nitrogen and oxygen atoms in total. The van der Waals surface area contributed by atoms with Crippen LogP contribution in [0.3, 0.4) is 0 Å². The van der Waals surface area contributed by atoms with E-state index in [1.165, 1.54) is 25.7 Å². The molecule has 1 aromatic rings. The second-order valence-electron chi connectivity index (χ2n) is 6.44. The fourth-order valence-corrected chi connectivity index (χ4v) is 2.73. The summed E-state index contributed by atoms with van der Waals surface area (Å²) in [5.74, 6) is 2.36. The number of anilines is 1. The van der Waals surface area contributed by atoms with E-state index in [0.717, 1.165) is 23.2 Å². The van der Waals surface area contributed by atoms with Gasteiger partial charge in [0.1, 0.15) is 5.82 Å². The first-order valence-electron chi connectivity index (χ1n) is 7.80. The Morgan fingerprint density at radius 1 is 1.33 bits per heavy atom. The molecule has 2 amide bonds. The molecule has 2 fully saturated rings. The minimum atomic E-state index is -0.0398. The van der Waals surface area contributed by atoms with Crippen molar-refractivity contribution in [2.75, 3.05) is 19.0 Å². The van der Waals surface area contributed by atoms with Crippen LogP contribution in [-0.2, 0) is 6.54 Å². The van der Waals surface area contributed by atoms with E-state index in [2.05, 4.69) is 15.6 Å². The molecule has 1 aromatic heterocycles. The van der Waals surface area contributed by atoms with Crippen molar-refractivity contribution in [1.29, 1.82) is 0 Å². The molecule has 0 spiro atoms. The van der Waals surface area contributed by atoms with Crippen LogP contribution in [0.4, 0.5) is 10.6 Å². The minimum Gasteiger partial charge on any atom is -0.363 e. The van der Waals surface area contributed by atoms with Crippen LogP contribution in [0.1, 0.15) is 31.2 Å².